The van der Waals surface area contributed by atoms with E-state index in [0.29, 0.717) is 5.54 Å². The van der Waals surface area contributed by atoms with Gasteiger partial charge in [0.25, 0.3) is 0 Å². The first kappa shape index (κ1) is 15.9. The summed E-state index contributed by atoms with van der Waals surface area (Å²) in [5.41, 5.74) is 0.361. The lowest BCUT2D eigenvalue weighted by molar-refractivity contribution is 0.0648. The van der Waals surface area contributed by atoms with Gasteiger partial charge in [0.15, 0.2) is 0 Å². The Balaban J connectivity index is 0.000000487. The van der Waals surface area contributed by atoms with Crippen molar-refractivity contribution in [2.75, 3.05) is 32.7 Å². The van der Waals surface area contributed by atoms with E-state index < -0.39 is 0 Å². The van der Waals surface area contributed by atoms with E-state index in [4.69, 9.17) is 0 Å². The number of piperazine rings is 1. The molecule has 1 fully saturated rings. The van der Waals surface area contributed by atoms with Crippen LogP contribution >= 0.6 is 0 Å². The van der Waals surface area contributed by atoms with Gasteiger partial charge in [0.05, 0.1) is 0 Å². The molecule has 98 valence electrons. The predicted octanol–water partition coefficient (Wildman–Crippen LogP) is 3.23. The average Bonchev–Trinajstić information content (AvgIpc) is 2.28. The SMILES string of the molecule is CCCC.CCN1CCN(C(C)(C)C)CC1. The monoisotopic (exact) mass is 228 g/mol. The number of hydrogen-bond donors (Lipinski definition) is 0. The molecule has 0 bridgehead atoms. The van der Waals surface area contributed by atoms with Crippen LogP contribution in [0.4, 0.5) is 0 Å². The second-order valence-corrected chi connectivity index (χ2v) is 5.59. The van der Waals surface area contributed by atoms with Crippen molar-refractivity contribution >= 4 is 0 Å². The first-order chi connectivity index (χ1) is 7.45. The van der Waals surface area contributed by atoms with Crippen LogP contribution in [0.3, 0.4) is 0 Å². The summed E-state index contributed by atoms with van der Waals surface area (Å²) >= 11 is 0. The summed E-state index contributed by atoms with van der Waals surface area (Å²) in [7, 11) is 0. The predicted molar refractivity (Wildman–Crippen MR) is 74.0 cm³/mol. The molecule has 1 rings (SSSR count). The molecule has 1 saturated heterocycles. The van der Waals surface area contributed by atoms with Gasteiger partial charge >= 0.3 is 0 Å². The summed E-state index contributed by atoms with van der Waals surface area (Å²) in [6, 6.07) is 0. The molecule has 0 radical (unpaired) electrons. The molecular weight excluding hydrogens is 196 g/mol. The molecule has 0 amide bonds. The third-order valence-corrected chi connectivity index (χ3v) is 3.27. The first-order valence-corrected chi connectivity index (χ1v) is 6.93. The molecule has 0 aromatic carbocycles. The van der Waals surface area contributed by atoms with Crippen molar-refractivity contribution in [3.63, 3.8) is 0 Å². The molecule has 0 atom stereocenters. The van der Waals surface area contributed by atoms with E-state index in [2.05, 4.69) is 51.3 Å². The van der Waals surface area contributed by atoms with Crippen LogP contribution in [0.15, 0.2) is 0 Å². The zero-order valence-electron chi connectivity index (χ0n) is 12.3. The maximum atomic E-state index is 2.57. The van der Waals surface area contributed by atoms with Crippen molar-refractivity contribution in [3.05, 3.63) is 0 Å². The molecule has 0 N–H and O–H groups in total. The molecule has 0 spiro atoms. The van der Waals surface area contributed by atoms with Crippen LogP contribution < -0.4 is 0 Å². The van der Waals surface area contributed by atoms with Gasteiger partial charge in [-0.05, 0) is 27.3 Å². The van der Waals surface area contributed by atoms with Crippen molar-refractivity contribution in [3.8, 4) is 0 Å². The Labute approximate surface area is 103 Å². The van der Waals surface area contributed by atoms with E-state index in [-0.39, 0.29) is 0 Å². The van der Waals surface area contributed by atoms with Gasteiger partial charge in [0.2, 0.25) is 0 Å². The summed E-state index contributed by atoms with van der Waals surface area (Å²) < 4.78 is 0. The molecule has 0 aromatic heterocycles. The molecule has 0 unspecified atom stereocenters. The van der Waals surface area contributed by atoms with Crippen LogP contribution in [0.2, 0.25) is 0 Å². The minimum Gasteiger partial charge on any atom is -0.301 e. The Morgan fingerprint density at radius 3 is 1.50 bits per heavy atom. The highest BCUT2D eigenvalue weighted by molar-refractivity contribution is 4.81. The van der Waals surface area contributed by atoms with Crippen LogP contribution in [0, 0.1) is 0 Å². The highest BCUT2D eigenvalue weighted by Gasteiger charge is 2.24. The Morgan fingerprint density at radius 1 is 0.812 bits per heavy atom. The summed E-state index contributed by atoms with van der Waals surface area (Å²) in [5.74, 6) is 0. The Bertz CT molecular complexity index is 151. The molecule has 16 heavy (non-hydrogen) atoms. The van der Waals surface area contributed by atoms with E-state index in [1.165, 1.54) is 45.6 Å². The normalized spacial score (nSPS) is 19.1. The fourth-order valence-corrected chi connectivity index (χ4v) is 1.73. The Morgan fingerprint density at radius 2 is 1.25 bits per heavy atom. The summed E-state index contributed by atoms with van der Waals surface area (Å²) in [6.07, 6.45) is 2.64. The Hall–Kier alpha value is -0.0800. The molecule has 0 aliphatic carbocycles. The van der Waals surface area contributed by atoms with Crippen molar-refractivity contribution < 1.29 is 0 Å². The molecule has 2 heteroatoms. The quantitative estimate of drug-likeness (QED) is 0.716. The van der Waals surface area contributed by atoms with Crippen LogP contribution in [0.5, 0.6) is 0 Å². The summed E-state index contributed by atoms with van der Waals surface area (Å²) in [6.45, 7) is 19.7. The van der Waals surface area contributed by atoms with E-state index >= 15 is 0 Å². The number of unbranched alkanes of at least 4 members (excludes halogenated alkanes) is 1. The summed E-state index contributed by atoms with van der Waals surface area (Å²) in [4.78, 5) is 5.08. The number of likely N-dealkylation sites (N-methyl/N-ethyl adjacent to an activating group) is 1. The molecule has 1 aliphatic heterocycles. The molecule has 1 aliphatic rings. The van der Waals surface area contributed by atoms with Gasteiger partial charge in [0.1, 0.15) is 0 Å². The second-order valence-electron chi connectivity index (χ2n) is 5.59. The molecule has 2 nitrogen and oxygen atoms in total. The van der Waals surface area contributed by atoms with E-state index in [0.717, 1.165) is 0 Å². The van der Waals surface area contributed by atoms with Crippen molar-refractivity contribution in [2.45, 2.75) is 59.9 Å². The maximum absolute atomic E-state index is 2.57. The van der Waals surface area contributed by atoms with Gasteiger partial charge in [-0.25, -0.2) is 0 Å². The molecule has 1 heterocycles. The topological polar surface area (TPSA) is 6.48 Å². The molecular formula is C14H32N2. The first-order valence-electron chi connectivity index (χ1n) is 6.93. The van der Waals surface area contributed by atoms with Crippen molar-refractivity contribution in [2.24, 2.45) is 0 Å². The van der Waals surface area contributed by atoms with Gasteiger partial charge < -0.3 is 4.90 Å². The third-order valence-electron chi connectivity index (χ3n) is 3.27. The average molecular weight is 228 g/mol. The van der Waals surface area contributed by atoms with E-state index in [9.17, 15) is 0 Å². The third kappa shape index (κ3) is 6.49. The number of hydrogen-bond acceptors (Lipinski definition) is 2. The van der Waals surface area contributed by atoms with Crippen molar-refractivity contribution in [1.82, 2.24) is 9.80 Å². The van der Waals surface area contributed by atoms with Gasteiger partial charge in [-0.3, -0.25) is 4.90 Å². The minimum atomic E-state index is 0.361. The van der Waals surface area contributed by atoms with Gasteiger partial charge in [-0.15, -0.1) is 0 Å². The maximum Gasteiger partial charge on any atom is 0.0126 e. The van der Waals surface area contributed by atoms with Gasteiger partial charge in [-0.1, -0.05) is 33.6 Å². The lowest BCUT2D eigenvalue weighted by Gasteiger charge is -2.42. The highest BCUT2D eigenvalue weighted by atomic mass is 15.3. The number of nitrogens with zero attached hydrogens (tertiary/aromatic N) is 2. The van der Waals surface area contributed by atoms with Crippen LogP contribution in [0.1, 0.15) is 54.4 Å². The zero-order chi connectivity index (χ0) is 12.6. The van der Waals surface area contributed by atoms with Crippen LogP contribution in [-0.4, -0.2) is 48.1 Å². The molecule has 0 aromatic rings. The minimum absolute atomic E-state index is 0.361. The highest BCUT2D eigenvalue weighted by Crippen LogP contribution is 2.15. The lowest BCUT2D eigenvalue weighted by Crippen LogP contribution is -2.53. The van der Waals surface area contributed by atoms with Gasteiger partial charge in [0, 0.05) is 31.7 Å². The second kappa shape index (κ2) is 8.08. The largest absolute Gasteiger partial charge is 0.301 e. The van der Waals surface area contributed by atoms with E-state index in [1.807, 2.05) is 0 Å². The van der Waals surface area contributed by atoms with E-state index in [1.54, 1.807) is 0 Å². The van der Waals surface area contributed by atoms with Crippen molar-refractivity contribution in [1.29, 1.82) is 0 Å². The Kier molecular flexibility index (Phi) is 8.04. The zero-order valence-corrected chi connectivity index (χ0v) is 12.3. The molecule has 0 saturated carbocycles. The lowest BCUT2D eigenvalue weighted by atomic mass is 10.1. The standard InChI is InChI=1S/C10H22N2.C4H10/c1-5-11-6-8-12(9-7-11)10(2,3)4;1-3-4-2/h5-9H2,1-4H3;3-4H2,1-2H3. The van der Waals surface area contributed by atoms with Gasteiger partial charge in [-0.2, -0.15) is 0 Å². The fourth-order valence-electron chi connectivity index (χ4n) is 1.73. The van der Waals surface area contributed by atoms with Crippen LogP contribution in [-0.2, 0) is 0 Å². The smallest absolute Gasteiger partial charge is 0.0126 e. The number of rotatable bonds is 2. The summed E-state index contributed by atoms with van der Waals surface area (Å²) in [5, 5.41) is 0. The fraction of sp³-hybridized carbons (Fsp3) is 1.00. The van der Waals surface area contributed by atoms with Crippen LogP contribution in [0.25, 0.3) is 0 Å².